The quantitative estimate of drug-likeness (QED) is 0.240. The number of hydrogen-bond acceptors (Lipinski definition) is 4. The lowest BCUT2D eigenvalue weighted by molar-refractivity contribution is 0.0303. The van der Waals surface area contributed by atoms with Crippen molar-refractivity contribution >= 4 is 0 Å². The molecule has 0 spiro atoms. The number of ether oxygens (including phenoxy) is 2. The Morgan fingerprint density at radius 1 is 0.727 bits per heavy atom. The average molecular weight is 447 g/mol. The van der Waals surface area contributed by atoms with Crippen LogP contribution in [-0.4, -0.2) is 29.3 Å². The normalized spacial score (nSPS) is 12.0. The summed E-state index contributed by atoms with van der Waals surface area (Å²) in [7, 11) is 0. The maximum atomic E-state index is 5.88. The van der Waals surface area contributed by atoms with Gasteiger partial charge in [-0.2, -0.15) is 0 Å². The van der Waals surface area contributed by atoms with Crippen molar-refractivity contribution in [3.05, 3.63) is 66.5 Å². The van der Waals surface area contributed by atoms with Gasteiger partial charge in [0.1, 0.15) is 12.4 Å². The smallest absolute Gasteiger partial charge is 0.159 e. The lowest BCUT2D eigenvalue weighted by Gasteiger charge is -2.14. The second-order valence-electron chi connectivity index (χ2n) is 8.67. The van der Waals surface area contributed by atoms with Gasteiger partial charge < -0.3 is 9.47 Å². The van der Waals surface area contributed by atoms with Crippen LogP contribution in [0.2, 0.25) is 0 Å². The van der Waals surface area contributed by atoms with Gasteiger partial charge in [0.2, 0.25) is 0 Å². The van der Waals surface area contributed by atoms with Gasteiger partial charge in [0.25, 0.3) is 0 Å². The van der Waals surface area contributed by atoms with E-state index in [9.17, 15) is 0 Å². The zero-order valence-corrected chi connectivity index (χ0v) is 20.4. The molecule has 1 atom stereocenters. The summed E-state index contributed by atoms with van der Waals surface area (Å²) in [5.74, 6) is 1.55. The fourth-order valence-electron chi connectivity index (χ4n) is 3.65. The van der Waals surface area contributed by atoms with Crippen molar-refractivity contribution in [2.45, 2.75) is 71.8 Å². The van der Waals surface area contributed by atoms with E-state index in [1.807, 2.05) is 36.7 Å². The first-order valence-corrected chi connectivity index (χ1v) is 12.5. The Kier molecular flexibility index (Phi) is 10.4. The van der Waals surface area contributed by atoms with Crippen LogP contribution in [0.1, 0.15) is 64.9 Å². The summed E-state index contributed by atoms with van der Waals surface area (Å²) in [6, 6.07) is 16.7. The van der Waals surface area contributed by atoms with Crippen LogP contribution in [0.3, 0.4) is 0 Å². The van der Waals surface area contributed by atoms with Crippen LogP contribution in [-0.2, 0) is 11.2 Å². The molecule has 2 aromatic carbocycles. The number of benzene rings is 2. The molecule has 1 heterocycles. The molecule has 0 bridgehead atoms. The van der Waals surface area contributed by atoms with Crippen LogP contribution in [0.15, 0.2) is 60.9 Å². The molecule has 4 heteroatoms. The summed E-state index contributed by atoms with van der Waals surface area (Å²) in [4.78, 5) is 9.17. The number of hydrogen-bond donors (Lipinski definition) is 0. The third-order valence-corrected chi connectivity index (χ3v) is 5.76. The Labute approximate surface area is 199 Å². The summed E-state index contributed by atoms with van der Waals surface area (Å²) in [6.45, 7) is 7.86. The predicted molar refractivity (Wildman–Crippen MR) is 137 cm³/mol. The van der Waals surface area contributed by atoms with E-state index in [0.717, 1.165) is 41.9 Å². The maximum absolute atomic E-state index is 5.88. The van der Waals surface area contributed by atoms with Crippen LogP contribution in [0.25, 0.3) is 22.5 Å². The van der Waals surface area contributed by atoms with Crippen molar-refractivity contribution < 1.29 is 9.47 Å². The van der Waals surface area contributed by atoms with Crippen LogP contribution >= 0.6 is 0 Å². The first kappa shape index (κ1) is 24.9. The first-order chi connectivity index (χ1) is 16.2. The Morgan fingerprint density at radius 2 is 1.39 bits per heavy atom. The van der Waals surface area contributed by atoms with Crippen molar-refractivity contribution in [1.82, 2.24) is 9.97 Å². The Bertz CT molecular complexity index is 921. The van der Waals surface area contributed by atoms with Gasteiger partial charge in [-0.3, -0.25) is 0 Å². The van der Waals surface area contributed by atoms with Crippen LogP contribution < -0.4 is 4.74 Å². The fourth-order valence-corrected chi connectivity index (χ4v) is 3.65. The highest BCUT2D eigenvalue weighted by Gasteiger charge is 2.06. The molecule has 3 rings (SSSR count). The van der Waals surface area contributed by atoms with E-state index in [2.05, 4.69) is 55.0 Å². The van der Waals surface area contributed by atoms with Crippen molar-refractivity contribution in [2.24, 2.45) is 0 Å². The van der Waals surface area contributed by atoms with Gasteiger partial charge in [0, 0.05) is 30.1 Å². The molecule has 176 valence electrons. The topological polar surface area (TPSA) is 44.2 Å². The minimum atomic E-state index is 0.0860. The lowest BCUT2D eigenvalue weighted by atomic mass is 10.0. The molecule has 0 saturated heterocycles. The van der Waals surface area contributed by atoms with E-state index in [0.29, 0.717) is 12.4 Å². The molecular weight excluding hydrogens is 408 g/mol. The van der Waals surface area contributed by atoms with Gasteiger partial charge in [-0.15, -0.1) is 0 Å². The van der Waals surface area contributed by atoms with E-state index >= 15 is 0 Å². The zero-order chi connectivity index (χ0) is 23.3. The van der Waals surface area contributed by atoms with Gasteiger partial charge in [0.05, 0.1) is 6.10 Å². The highest BCUT2D eigenvalue weighted by atomic mass is 16.5. The molecule has 4 nitrogen and oxygen atoms in total. The monoisotopic (exact) mass is 446 g/mol. The second kappa shape index (κ2) is 13.7. The van der Waals surface area contributed by atoms with E-state index in [4.69, 9.17) is 9.47 Å². The number of unbranched alkanes of at least 4 members (excludes halogenated alkanes) is 4. The van der Waals surface area contributed by atoms with Gasteiger partial charge in [-0.1, -0.05) is 63.8 Å². The van der Waals surface area contributed by atoms with Crippen molar-refractivity contribution in [3.8, 4) is 28.3 Å². The number of aryl methyl sites for hydroxylation is 1. The predicted octanol–water partition coefficient (Wildman–Crippen LogP) is 7.52. The number of aromatic nitrogens is 2. The number of rotatable bonds is 14. The van der Waals surface area contributed by atoms with E-state index < -0.39 is 0 Å². The molecule has 33 heavy (non-hydrogen) atoms. The van der Waals surface area contributed by atoms with Crippen molar-refractivity contribution in [3.63, 3.8) is 0 Å². The average Bonchev–Trinajstić information content (AvgIpc) is 2.87. The molecule has 3 aromatic rings. The van der Waals surface area contributed by atoms with Crippen LogP contribution in [0.5, 0.6) is 5.75 Å². The lowest BCUT2D eigenvalue weighted by Crippen LogP contribution is -2.18. The van der Waals surface area contributed by atoms with Crippen molar-refractivity contribution in [2.75, 3.05) is 13.2 Å². The summed E-state index contributed by atoms with van der Waals surface area (Å²) in [5, 5.41) is 0. The molecule has 0 fully saturated rings. The highest BCUT2D eigenvalue weighted by molar-refractivity contribution is 5.64. The molecular formula is C29H38N2O2. The summed E-state index contributed by atoms with van der Waals surface area (Å²) >= 11 is 0. The van der Waals surface area contributed by atoms with Gasteiger partial charge in [0.15, 0.2) is 5.82 Å². The van der Waals surface area contributed by atoms with E-state index in [-0.39, 0.29) is 6.10 Å². The SMILES string of the molecule is CCCCCCOC(C)COc1ccc(-c2ncc(-c3ccc(CCCC)cc3)cn2)cc1. The Balaban J connectivity index is 1.49. The highest BCUT2D eigenvalue weighted by Crippen LogP contribution is 2.23. The third kappa shape index (κ3) is 8.29. The summed E-state index contributed by atoms with van der Waals surface area (Å²) < 4.78 is 11.7. The minimum absolute atomic E-state index is 0.0860. The third-order valence-electron chi connectivity index (χ3n) is 5.76. The van der Waals surface area contributed by atoms with Crippen LogP contribution in [0.4, 0.5) is 0 Å². The molecule has 0 saturated carbocycles. The van der Waals surface area contributed by atoms with E-state index in [1.54, 1.807) is 0 Å². The molecule has 0 aliphatic carbocycles. The second-order valence-corrected chi connectivity index (χ2v) is 8.67. The van der Waals surface area contributed by atoms with Gasteiger partial charge in [-0.05, 0) is 61.6 Å². The van der Waals surface area contributed by atoms with Gasteiger partial charge in [-0.25, -0.2) is 9.97 Å². The molecule has 0 radical (unpaired) electrons. The summed E-state index contributed by atoms with van der Waals surface area (Å²) in [5.41, 5.74) is 4.54. The van der Waals surface area contributed by atoms with Crippen molar-refractivity contribution in [1.29, 1.82) is 0 Å². The zero-order valence-electron chi connectivity index (χ0n) is 20.4. The molecule has 0 N–H and O–H groups in total. The fraction of sp³-hybridized carbons (Fsp3) is 0.448. The first-order valence-electron chi connectivity index (χ1n) is 12.5. The molecule has 0 amide bonds. The molecule has 0 aliphatic rings. The molecule has 0 aliphatic heterocycles. The Morgan fingerprint density at radius 3 is 2.06 bits per heavy atom. The largest absolute Gasteiger partial charge is 0.491 e. The summed E-state index contributed by atoms with van der Waals surface area (Å²) in [6.07, 6.45) is 12.3. The Hall–Kier alpha value is -2.72. The van der Waals surface area contributed by atoms with Gasteiger partial charge >= 0.3 is 0 Å². The molecule has 1 aromatic heterocycles. The molecule has 1 unspecified atom stereocenters. The maximum Gasteiger partial charge on any atom is 0.159 e. The standard InChI is InChI=1S/C29H38N2O2/c1-4-6-8-9-19-32-23(3)22-33-28-17-15-26(16-18-28)29-30-20-27(21-31-29)25-13-11-24(12-14-25)10-7-5-2/h11-18,20-21,23H,4-10,19,22H2,1-3H3. The van der Waals surface area contributed by atoms with Crippen LogP contribution in [0, 0.1) is 0 Å². The minimum Gasteiger partial charge on any atom is -0.491 e. The van der Waals surface area contributed by atoms with E-state index in [1.165, 1.54) is 37.7 Å². The number of nitrogens with zero attached hydrogens (tertiary/aromatic N) is 2.